The Kier molecular flexibility index (Phi) is 3.62. The minimum absolute atomic E-state index is 0.0858. The number of nitrogens with zero attached hydrogens (tertiary/aromatic N) is 2. The first-order chi connectivity index (χ1) is 9.75. The predicted octanol–water partition coefficient (Wildman–Crippen LogP) is 3.22. The zero-order valence-corrected chi connectivity index (χ0v) is 11.9. The van der Waals surface area contributed by atoms with Crippen LogP contribution in [-0.4, -0.2) is 15.2 Å². The van der Waals surface area contributed by atoms with E-state index in [1.165, 1.54) is 17.4 Å². The standard InChI is InChI=1S/C14H10ClN3OS/c15-12(9-4-2-1-3-5-9)14-18-17-13(20-14)10-8-16-7-6-11(10)19/h1-8,12H,(H,16,19). The van der Waals surface area contributed by atoms with Crippen LogP contribution in [0.1, 0.15) is 15.9 Å². The van der Waals surface area contributed by atoms with E-state index in [1.807, 2.05) is 30.3 Å². The van der Waals surface area contributed by atoms with E-state index in [-0.39, 0.29) is 10.8 Å². The highest BCUT2D eigenvalue weighted by Gasteiger charge is 2.17. The van der Waals surface area contributed by atoms with Crippen molar-refractivity contribution in [2.75, 3.05) is 0 Å². The van der Waals surface area contributed by atoms with Crippen LogP contribution in [-0.2, 0) is 0 Å². The van der Waals surface area contributed by atoms with Gasteiger partial charge in [0.25, 0.3) is 0 Å². The zero-order valence-electron chi connectivity index (χ0n) is 10.3. The quantitative estimate of drug-likeness (QED) is 0.756. The van der Waals surface area contributed by atoms with Crippen molar-refractivity contribution in [3.63, 3.8) is 0 Å². The minimum Gasteiger partial charge on any atom is -0.367 e. The second-order valence-corrected chi connectivity index (χ2v) is 5.59. The maximum atomic E-state index is 11.8. The highest BCUT2D eigenvalue weighted by molar-refractivity contribution is 7.15. The van der Waals surface area contributed by atoms with Crippen LogP contribution in [0.2, 0.25) is 0 Å². The molecule has 0 bridgehead atoms. The lowest BCUT2D eigenvalue weighted by molar-refractivity contribution is 0.987. The molecule has 0 radical (unpaired) electrons. The summed E-state index contributed by atoms with van der Waals surface area (Å²) in [7, 11) is 0. The first kappa shape index (κ1) is 13.0. The van der Waals surface area contributed by atoms with Gasteiger partial charge in [0.15, 0.2) is 10.4 Å². The van der Waals surface area contributed by atoms with Gasteiger partial charge in [0, 0.05) is 18.5 Å². The lowest BCUT2D eigenvalue weighted by Gasteiger charge is -2.04. The van der Waals surface area contributed by atoms with Crippen molar-refractivity contribution in [2.45, 2.75) is 5.38 Å². The van der Waals surface area contributed by atoms with Gasteiger partial charge in [0.2, 0.25) is 0 Å². The molecule has 0 aliphatic rings. The number of nitrogens with one attached hydrogen (secondary N) is 1. The van der Waals surface area contributed by atoms with Crippen molar-refractivity contribution < 1.29 is 0 Å². The highest BCUT2D eigenvalue weighted by atomic mass is 35.5. The third kappa shape index (κ3) is 2.50. The molecule has 0 spiro atoms. The number of halogens is 1. The summed E-state index contributed by atoms with van der Waals surface area (Å²) in [5.41, 5.74) is 1.38. The molecular formula is C14H10ClN3OS. The molecule has 0 saturated carbocycles. The molecule has 3 aromatic rings. The van der Waals surface area contributed by atoms with E-state index in [0.29, 0.717) is 15.6 Å². The number of hydrogen-bond acceptors (Lipinski definition) is 4. The van der Waals surface area contributed by atoms with Gasteiger partial charge in [0.05, 0.1) is 5.56 Å². The van der Waals surface area contributed by atoms with Crippen molar-refractivity contribution in [3.8, 4) is 10.6 Å². The number of aromatic nitrogens is 3. The summed E-state index contributed by atoms with van der Waals surface area (Å²) in [6.45, 7) is 0. The molecule has 3 rings (SSSR count). The number of pyridine rings is 1. The Morgan fingerprint density at radius 2 is 1.95 bits per heavy atom. The van der Waals surface area contributed by atoms with E-state index in [1.54, 1.807) is 12.4 Å². The fourth-order valence-electron chi connectivity index (χ4n) is 1.79. The molecule has 0 fully saturated rings. The van der Waals surface area contributed by atoms with E-state index in [2.05, 4.69) is 15.2 Å². The van der Waals surface area contributed by atoms with Crippen molar-refractivity contribution in [2.24, 2.45) is 0 Å². The van der Waals surface area contributed by atoms with Crippen LogP contribution >= 0.6 is 22.9 Å². The molecule has 0 aliphatic carbocycles. The fourth-order valence-corrected chi connectivity index (χ4v) is 2.99. The van der Waals surface area contributed by atoms with Crippen molar-refractivity contribution in [1.82, 2.24) is 15.2 Å². The maximum absolute atomic E-state index is 11.8. The number of alkyl halides is 1. The van der Waals surface area contributed by atoms with E-state index >= 15 is 0 Å². The third-order valence-corrected chi connectivity index (χ3v) is 4.41. The van der Waals surface area contributed by atoms with Crippen molar-refractivity contribution in [1.29, 1.82) is 0 Å². The van der Waals surface area contributed by atoms with E-state index in [0.717, 1.165) is 5.56 Å². The van der Waals surface area contributed by atoms with Crippen LogP contribution in [0.15, 0.2) is 53.6 Å². The molecule has 2 aromatic heterocycles. The van der Waals surface area contributed by atoms with Crippen LogP contribution < -0.4 is 5.43 Å². The van der Waals surface area contributed by atoms with Crippen LogP contribution in [0.4, 0.5) is 0 Å². The second-order valence-electron chi connectivity index (χ2n) is 4.14. The first-order valence-electron chi connectivity index (χ1n) is 5.95. The molecule has 1 N–H and O–H groups in total. The summed E-state index contributed by atoms with van der Waals surface area (Å²) in [5.74, 6) is 0. The number of aromatic amines is 1. The van der Waals surface area contributed by atoms with E-state index in [4.69, 9.17) is 11.6 Å². The largest absolute Gasteiger partial charge is 0.367 e. The SMILES string of the molecule is O=c1cc[nH]cc1-c1nnc(C(Cl)c2ccccc2)s1. The molecule has 1 unspecified atom stereocenters. The highest BCUT2D eigenvalue weighted by Crippen LogP contribution is 2.32. The summed E-state index contributed by atoms with van der Waals surface area (Å²) in [5, 5.41) is 9.05. The molecule has 1 aromatic carbocycles. The molecule has 100 valence electrons. The maximum Gasteiger partial charge on any atom is 0.191 e. The van der Waals surface area contributed by atoms with E-state index < -0.39 is 0 Å². The van der Waals surface area contributed by atoms with E-state index in [9.17, 15) is 4.79 Å². The number of hydrogen-bond donors (Lipinski definition) is 1. The van der Waals surface area contributed by atoms with Crippen molar-refractivity contribution >= 4 is 22.9 Å². The van der Waals surface area contributed by atoms with Crippen LogP contribution in [0.25, 0.3) is 10.6 Å². The van der Waals surface area contributed by atoms with Gasteiger partial charge in [-0.1, -0.05) is 41.7 Å². The Bertz CT molecular complexity index is 769. The van der Waals surface area contributed by atoms with Gasteiger partial charge in [-0.2, -0.15) is 0 Å². The van der Waals surface area contributed by atoms with Gasteiger partial charge in [-0.3, -0.25) is 4.79 Å². The topological polar surface area (TPSA) is 58.6 Å². The van der Waals surface area contributed by atoms with Crippen molar-refractivity contribution in [3.05, 3.63) is 69.6 Å². The zero-order chi connectivity index (χ0) is 13.9. The number of rotatable bonds is 3. The smallest absolute Gasteiger partial charge is 0.191 e. The molecule has 4 nitrogen and oxygen atoms in total. The number of H-pyrrole nitrogens is 1. The molecule has 20 heavy (non-hydrogen) atoms. The summed E-state index contributed by atoms with van der Waals surface area (Å²) >= 11 is 7.72. The average Bonchev–Trinajstić information content (AvgIpc) is 2.97. The summed E-state index contributed by atoms with van der Waals surface area (Å²) in [4.78, 5) is 14.6. The molecule has 2 heterocycles. The Balaban J connectivity index is 1.95. The fraction of sp³-hybridized carbons (Fsp3) is 0.0714. The van der Waals surface area contributed by atoms with Gasteiger partial charge in [-0.15, -0.1) is 21.8 Å². The molecule has 0 aliphatic heterocycles. The summed E-state index contributed by atoms with van der Waals surface area (Å²) < 4.78 is 0. The summed E-state index contributed by atoms with van der Waals surface area (Å²) in [6, 6.07) is 11.1. The molecule has 0 amide bonds. The van der Waals surface area contributed by atoms with Gasteiger partial charge >= 0.3 is 0 Å². The first-order valence-corrected chi connectivity index (χ1v) is 7.21. The Morgan fingerprint density at radius 1 is 1.15 bits per heavy atom. The van der Waals surface area contributed by atoms with Crippen LogP contribution in [0.3, 0.4) is 0 Å². The Hall–Kier alpha value is -1.98. The van der Waals surface area contributed by atoms with Gasteiger partial charge < -0.3 is 4.98 Å². The Labute approximate surface area is 124 Å². The van der Waals surface area contributed by atoms with Gasteiger partial charge in [0.1, 0.15) is 10.4 Å². The minimum atomic E-state index is -0.356. The number of benzene rings is 1. The molecule has 1 atom stereocenters. The molecule has 0 saturated heterocycles. The predicted molar refractivity (Wildman–Crippen MR) is 80.1 cm³/mol. The third-order valence-electron chi connectivity index (χ3n) is 2.80. The summed E-state index contributed by atoms with van der Waals surface area (Å²) in [6.07, 6.45) is 3.21. The Morgan fingerprint density at radius 3 is 2.70 bits per heavy atom. The van der Waals surface area contributed by atoms with Gasteiger partial charge in [-0.25, -0.2) is 0 Å². The monoisotopic (exact) mass is 303 g/mol. The molecular weight excluding hydrogens is 294 g/mol. The normalized spacial score (nSPS) is 12.2. The van der Waals surface area contributed by atoms with Crippen LogP contribution in [0.5, 0.6) is 0 Å². The van der Waals surface area contributed by atoms with Crippen LogP contribution in [0, 0.1) is 0 Å². The average molecular weight is 304 g/mol. The molecule has 6 heteroatoms. The van der Waals surface area contributed by atoms with Gasteiger partial charge in [-0.05, 0) is 5.56 Å². The second kappa shape index (κ2) is 5.56. The lowest BCUT2D eigenvalue weighted by atomic mass is 10.1. The lowest BCUT2D eigenvalue weighted by Crippen LogP contribution is -2.01.